The van der Waals surface area contributed by atoms with E-state index in [9.17, 15) is 14.7 Å². The van der Waals surface area contributed by atoms with E-state index in [-0.39, 0.29) is 28.8 Å². The molecule has 0 fully saturated rings. The van der Waals surface area contributed by atoms with Gasteiger partial charge in [-0.25, -0.2) is 0 Å². The number of aromatic nitrogens is 1. The third-order valence-electron chi connectivity index (χ3n) is 2.62. The third kappa shape index (κ3) is 4.12. The quantitative estimate of drug-likeness (QED) is 0.850. The fourth-order valence-corrected chi connectivity index (χ4v) is 1.68. The minimum atomic E-state index is -0.358. The van der Waals surface area contributed by atoms with Crippen LogP contribution in [0.15, 0.2) is 16.9 Å². The van der Waals surface area contributed by atoms with Gasteiger partial charge in [0.2, 0.25) is 5.88 Å². The van der Waals surface area contributed by atoms with Crippen LogP contribution in [-0.4, -0.2) is 22.1 Å². The molecule has 0 aliphatic heterocycles. The highest BCUT2D eigenvalue weighted by atomic mass is 16.3. The molecule has 0 bridgehead atoms. The van der Waals surface area contributed by atoms with Gasteiger partial charge < -0.3 is 10.4 Å². The number of amides is 1. The molecular formula is C14H22N2O3. The summed E-state index contributed by atoms with van der Waals surface area (Å²) >= 11 is 0. The van der Waals surface area contributed by atoms with Gasteiger partial charge in [-0.3, -0.25) is 14.2 Å². The molecule has 0 aliphatic carbocycles. The predicted octanol–water partition coefficient (Wildman–Crippen LogP) is 1.60. The van der Waals surface area contributed by atoms with Gasteiger partial charge in [-0.1, -0.05) is 27.7 Å². The molecule has 0 saturated heterocycles. The van der Waals surface area contributed by atoms with E-state index in [0.717, 1.165) is 0 Å². The zero-order valence-corrected chi connectivity index (χ0v) is 11.9. The highest BCUT2D eigenvalue weighted by Gasteiger charge is 2.16. The van der Waals surface area contributed by atoms with Gasteiger partial charge in [0.25, 0.3) is 11.5 Å². The number of nitrogens with zero attached hydrogens (tertiary/aromatic N) is 1. The van der Waals surface area contributed by atoms with E-state index in [4.69, 9.17) is 0 Å². The van der Waals surface area contributed by atoms with Crippen molar-refractivity contribution in [2.45, 2.75) is 34.2 Å². The molecule has 0 spiro atoms. The first-order chi connectivity index (χ1) is 8.82. The van der Waals surface area contributed by atoms with Crippen LogP contribution < -0.4 is 10.9 Å². The number of pyridine rings is 1. The maximum absolute atomic E-state index is 11.9. The summed E-state index contributed by atoms with van der Waals surface area (Å²) in [4.78, 5) is 23.6. The van der Waals surface area contributed by atoms with Crippen molar-refractivity contribution in [1.82, 2.24) is 9.88 Å². The monoisotopic (exact) mass is 266 g/mol. The van der Waals surface area contributed by atoms with Crippen LogP contribution in [0.1, 0.15) is 38.1 Å². The van der Waals surface area contributed by atoms with Crippen molar-refractivity contribution in [3.05, 3.63) is 28.0 Å². The number of rotatable bonds is 5. The van der Waals surface area contributed by atoms with E-state index in [0.29, 0.717) is 19.0 Å². The van der Waals surface area contributed by atoms with E-state index in [1.165, 1.54) is 16.7 Å². The Morgan fingerprint density at radius 2 is 1.89 bits per heavy atom. The van der Waals surface area contributed by atoms with Crippen molar-refractivity contribution < 1.29 is 9.90 Å². The third-order valence-corrected chi connectivity index (χ3v) is 2.62. The van der Waals surface area contributed by atoms with Gasteiger partial charge in [-0.2, -0.15) is 0 Å². The Bertz CT molecular complexity index is 504. The van der Waals surface area contributed by atoms with Crippen LogP contribution in [0.25, 0.3) is 0 Å². The number of hydrogen-bond acceptors (Lipinski definition) is 3. The summed E-state index contributed by atoms with van der Waals surface area (Å²) in [6.45, 7) is 8.77. The topological polar surface area (TPSA) is 71.3 Å². The summed E-state index contributed by atoms with van der Waals surface area (Å²) in [6.07, 6.45) is 0. The molecule has 0 atom stereocenters. The average molecular weight is 266 g/mol. The molecule has 0 aliphatic rings. The smallest absolute Gasteiger partial charge is 0.256 e. The van der Waals surface area contributed by atoms with Crippen molar-refractivity contribution in [3.63, 3.8) is 0 Å². The van der Waals surface area contributed by atoms with Crippen molar-refractivity contribution in [2.75, 3.05) is 6.54 Å². The second kappa shape index (κ2) is 6.41. The highest BCUT2D eigenvalue weighted by Crippen LogP contribution is 2.15. The first-order valence-corrected chi connectivity index (χ1v) is 6.54. The molecule has 106 valence electrons. The lowest BCUT2D eigenvalue weighted by molar-refractivity contribution is 0.0944. The molecule has 5 nitrogen and oxygen atoms in total. The Balaban J connectivity index is 3.03. The van der Waals surface area contributed by atoms with Gasteiger partial charge in [0.15, 0.2) is 0 Å². The maximum Gasteiger partial charge on any atom is 0.256 e. The zero-order chi connectivity index (χ0) is 14.6. The van der Waals surface area contributed by atoms with Gasteiger partial charge >= 0.3 is 0 Å². The number of hydrogen-bond donors (Lipinski definition) is 2. The fourth-order valence-electron chi connectivity index (χ4n) is 1.68. The molecule has 0 radical (unpaired) electrons. The minimum Gasteiger partial charge on any atom is -0.494 e. The van der Waals surface area contributed by atoms with Gasteiger partial charge in [0.05, 0.1) is 5.56 Å². The van der Waals surface area contributed by atoms with Crippen molar-refractivity contribution in [1.29, 1.82) is 0 Å². The fraction of sp³-hybridized carbons (Fsp3) is 0.571. The van der Waals surface area contributed by atoms with Crippen LogP contribution in [0, 0.1) is 11.8 Å². The summed E-state index contributed by atoms with van der Waals surface area (Å²) in [5, 5.41) is 12.8. The molecule has 0 saturated carbocycles. The molecule has 1 aromatic heterocycles. The second-order valence-corrected chi connectivity index (χ2v) is 5.52. The van der Waals surface area contributed by atoms with Gasteiger partial charge in [-0.15, -0.1) is 0 Å². The average Bonchev–Trinajstić information content (AvgIpc) is 2.31. The van der Waals surface area contributed by atoms with E-state index in [2.05, 4.69) is 5.32 Å². The summed E-state index contributed by atoms with van der Waals surface area (Å²) in [7, 11) is 0. The van der Waals surface area contributed by atoms with Crippen LogP contribution in [0.5, 0.6) is 5.88 Å². The lowest BCUT2D eigenvalue weighted by atomic mass is 10.2. The van der Waals surface area contributed by atoms with Crippen LogP contribution in [0.2, 0.25) is 0 Å². The maximum atomic E-state index is 11.9. The minimum absolute atomic E-state index is 0.140. The second-order valence-electron chi connectivity index (χ2n) is 5.52. The van der Waals surface area contributed by atoms with E-state index >= 15 is 0 Å². The molecule has 0 aromatic carbocycles. The highest BCUT2D eigenvalue weighted by molar-refractivity contribution is 5.96. The number of aromatic hydroxyl groups is 1. The molecule has 19 heavy (non-hydrogen) atoms. The van der Waals surface area contributed by atoms with Gasteiger partial charge in [0.1, 0.15) is 0 Å². The first kappa shape index (κ1) is 15.3. The molecular weight excluding hydrogens is 244 g/mol. The van der Waals surface area contributed by atoms with E-state index < -0.39 is 0 Å². The Morgan fingerprint density at radius 1 is 1.26 bits per heavy atom. The summed E-state index contributed by atoms with van der Waals surface area (Å²) < 4.78 is 1.23. The molecule has 1 amide bonds. The van der Waals surface area contributed by atoms with E-state index in [1.807, 2.05) is 27.7 Å². The first-order valence-electron chi connectivity index (χ1n) is 6.54. The molecule has 1 aromatic rings. The number of carbonyl (C=O) groups excluding carboxylic acids is 1. The number of carbonyl (C=O) groups is 1. The van der Waals surface area contributed by atoms with Crippen molar-refractivity contribution >= 4 is 5.91 Å². The van der Waals surface area contributed by atoms with Crippen molar-refractivity contribution in [3.8, 4) is 5.88 Å². The largest absolute Gasteiger partial charge is 0.494 e. The van der Waals surface area contributed by atoms with Crippen LogP contribution in [0.3, 0.4) is 0 Å². The van der Waals surface area contributed by atoms with Crippen LogP contribution >= 0.6 is 0 Å². The van der Waals surface area contributed by atoms with Gasteiger partial charge in [-0.05, 0) is 17.9 Å². The summed E-state index contributed by atoms with van der Waals surface area (Å²) in [5.74, 6) is -0.0867. The van der Waals surface area contributed by atoms with Crippen LogP contribution in [-0.2, 0) is 6.54 Å². The molecule has 5 heteroatoms. The Hall–Kier alpha value is -1.78. The van der Waals surface area contributed by atoms with Crippen LogP contribution in [0.4, 0.5) is 0 Å². The lowest BCUT2D eigenvalue weighted by Gasteiger charge is -2.14. The molecule has 0 unspecified atom stereocenters. The predicted molar refractivity (Wildman–Crippen MR) is 74.4 cm³/mol. The zero-order valence-electron chi connectivity index (χ0n) is 11.9. The molecule has 1 heterocycles. The Labute approximate surface area is 113 Å². The Morgan fingerprint density at radius 3 is 2.42 bits per heavy atom. The lowest BCUT2D eigenvalue weighted by Crippen LogP contribution is -2.30. The SMILES string of the molecule is CC(C)CNC(=O)c1ccc(=O)n(CC(C)C)c1O. The normalized spacial score (nSPS) is 11.1. The summed E-state index contributed by atoms with van der Waals surface area (Å²) in [6, 6.07) is 2.68. The van der Waals surface area contributed by atoms with Crippen molar-refractivity contribution in [2.24, 2.45) is 11.8 Å². The summed E-state index contributed by atoms with van der Waals surface area (Å²) in [5.41, 5.74) is -0.160. The van der Waals surface area contributed by atoms with E-state index in [1.54, 1.807) is 0 Å². The molecule has 1 rings (SSSR count). The Kier molecular flexibility index (Phi) is 5.15. The number of nitrogens with one attached hydrogen (secondary N) is 1. The standard InChI is InChI=1S/C14H22N2O3/c1-9(2)7-15-13(18)11-5-6-12(17)16(14(11)19)8-10(3)4/h5-6,9-10,19H,7-8H2,1-4H3,(H,15,18). The van der Waals surface area contributed by atoms with Gasteiger partial charge in [0, 0.05) is 19.2 Å². The molecule has 2 N–H and O–H groups in total.